The lowest BCUT2D eigenvalue weighted by Crippen LogP contribution is -2.34. The molecule has 1 aromatic heterocycles. The van der Waals surface area contributed by atoms with Crippen LogP contribution in [0.15, 0.2) is 188 Å². The zero-order chi connectivity index (χ0) is 39.1. The van der Waals surface area contributed by atoms with Gasteiger partial charge < -0.3 is 9.47 Å². The van der Waals surface area contributed by atoms with Gasteiger partial charge in [0.15, 0.2) is 0 Å². The van der Waals surface area contributed by atoms with Crippen molar-refractivity contribution in [2.45, 2.75) is 44.4 Å². The topological polar surface area (TPSA) is 8.17 Å². The maximum absolute atomic E-state index is 2.51. The molecule has 0 N–H and O–H groups in total. The lowest BCUT2D eigenvalue weighted by molar-refractivity contribution is 0.0780. The molecule has 2 bridgehead atoms. The van der Waals surface area contributed by atoms with Gasteiger partial charge in [0.25, 0.3) is 0 Å². The number of nitrogens with zero attached hydrogens (tertiary/aromatic N) is 2. The maximum Gasteiger partial charge on any atom is 0.0541 e. The Labute approximate surface area is 347 Å². The third-order valence-electron chi connectivity index (χ3n) is 14.6. The summed E-state index contributed by atoms with van der Waals surface area (Å²) < 4.78 is 2.40. The van der Waals surface area contributed by atoms with Gasteiger partial charge in [-0.3, -0.25) is 0 Å². The molecule has 5 atom stereocenters. The molecule has 2 heteroatoms. The molecule has 3 aliphatic rings. The number of hydrogen-bond acceptors (Lipinski definition) is 1. The highest BCUT2D eigenvalue weighted by atomic mass is 15.1. The molecule has 0 saturated heterocycles. The molecule has 1 heterocycles. The van der Waals surface area contributed by atoms with Crippen LogP contribution in [-0.4, -0.2) is 4.57 Å². The molecule has 2 nitrogen and oxygen atoms in total. The molecule has 0 spiro atoms. The number of hydrogen-bond donors (Lipinski definition) is 0. The van der Waals surface area contributed by atoms with Gasteiger partial charge in [-0.05, 0) is 149 Å². The van der Waals surface area contributed by atoms with Crippen LogP contribution in [0, 0.1) is 23.7 Å². The second-order valence-corrected chi connectivity index (χ2v) is 18.0. The molecule has 3 saturated carbocycles. The van der Waals surface area contributed by atoms with Crippen molar-refractivity contribution < 1.29 is 0 Å². The van der Waals surface area contributed by atoms with E-state index in [0.29, 0.717) is 5.41 Å². The van der Waals surface area contributed by atoms with Crippen LogP contribution in [0.3, 0.4) is 0 Å². The minimum Gasteiger partial charge on any atom is -0.310 e. The first-order valence-corrected chi connectivity index (χ1v) is 21.8. The van der Waals surface area contributed by atoms with E-state index in [-0.39, 0.29) is 0 Å². The van der Waals surface area contributed by atoms with Crippen LogP contribution < -0.4 is 4.90 Å². The van der Waals surface area contributed by atoms with E-state index in [1.54, 1.807) is 5.56 Å². The predicted octanol–water partition coefficient (Wildman–Crippen LogP) is 15.5. The van der Waals surface area contributed by atoms with E-state index in [1.165, 1.54) is 104 Å². The normalized spacial score (nSPS) is 22.1. The zero-order valence-corrected chi connectivity index (χ0v) is 33.6. The largest absolute Gasteiger partial charge is 0.310 e. The first-order chi connectivity index (χ1) is 29.1. The maximum atomic E-state index is 2.51. The Balaban J connectivity index is 0.959. The number of rotatable bonds is 7. The van der Waals surface area contributed by atoms with E-state index in [2.05, 4.69) is 204 Å². The van der Waals surface area contributed by atoms with Crippen LogP contribution in [-0.2, 0) is 5.41 Å². The Hall–Kier alpha value is -6.38. The second kappa shape index (κ2) is 13.6. The third kappa shape index (κ3) is 5.60. The van der Waals surface area contributed by atoms with Crippen LogP contribution in [0.2, 0.25) is 0 Å². The fraction of sp³-hybridized carbons (Fsp3) is 0.193. The van der Waals surface area contributed by atoms with E-state index < -0.39 is 0 Å². The number of benzene rings is 8. The van der Waals surface area contributed by atoms with E-state index in [0.717, 1.165) is 29.4 Å². The minimum atomic E-state index is 0.336. The van der Waals surface area contributed by atoms with Gasteiger partial charge in [0, 0.05) is 33.2 Å². The average molecular weight is 761 g/mol. The zero-order valence-electron chi connectivity index (χ0n) is 33.6. The fourth-order valence-electron chi connectivity index (χ4n) is 12.2. The highest BCUT2D eigenvalue weighted by molar-refractivity contribution is 6.09. The molecule has 9 aromatic rings. The summed E-state index contributed by atoms with van der Waals surface area (Å²) in [5.74, 6) is 3.67. The molecular weight excluding hydrogens is 713 g/mol. The SMILES string of the molecule is C[C@H]1C[C@H]2C[C@H]3CC(c4ccc(N(c5ccc(-c6cccc(-n7c8ccccc8c8ccccc87)c6)cc5)c5ccc(-c6ccccc6)c6ccccc56)cc4)(CC23)C1. The summed E-state index contributed by atoms with van der Waals surface area (Å²) in [6, 6.07) is 70.0. The van der Waals surface area contributed by atoms with Gasteiger partial charge in [-0.2, -0.15) is 0 Å². The molecular formula is C57H48N2. The molecule has 59 heavy (non-hydrogen) atoms. The van der Waals surface area contributed by atoms with Crippen LogP contribution in [0.4, 0.5) is 17.1 Å². The standard InChI is InChI=1S/C57H48N2/c1-38-32-42-33-43-36-57(35-38,37-53(42)43)44-24-28-46(29-25-44)58(56-31-30-48(40-12-3-2-4-13-40)49-16-5-6-17-50(49)56)45-26-22-39(23-27-45)41-14-11-15-47(34-41)59-54-20-9-7-18-51(54)52-19-8-10-21-55(52)59/h2-31,34,38,42-43,53H,32-33,35-37H2,1H3/t38-,42-,43-,53?,57?/m0/s1. The Morgan fingerprint density at radius 1 is 0.475 bits per heavy atom. The van der Waals surface area contributed by atoms with Crippen molar-refractivity contribution in [3.8, 4) is 27.9 Å². The van der Waals surface area contributed by atoms with Crippen LogP contribution >= 0.6 is 0 Å². The molecule has 3 fully saturated rings. The molecule has 8 aromatic carbocycles. The van der Waals surface area contributed by atoms with Gasteiger partial charge >= 0.3 is 0 Å². The Morgan fingerprint density at radius 2 is 1.10 bits per heavy atom. The summed E-state index contributed by atoms with van der Waals surface area (Å²) in [5, 5.41) is 5.07. The van der Waals surface area contributed by atoms with Gasteiger partial charge in [-0.15, -0.1) is 0 Å². The molecule has 3 aliphatic carbocycles. The van der Waals surface area contributed by atoms with E-state index in [4.69, 9.17) is 0 Å². The number of fused-ring (bicyclic) bond motifs is 5. The van der Waals surface area contributed by atoms with Gasteiger partial charge in [-0.1, -0.05) is 140 Å². The van der Waals surface area contributed by atoms with Gasteiger partial charge in [0.05, 0.1) is 16.7 Å². The summed E-state index contributed by atoms with van der Waals surface area (Å²) in [6.45, 7) is 2.51. The molecule has 0 amide bonds. The van der Waals surface area contributed by atoms with Crippen molar-refractivity contribution in [1.82, 2.24) is 4.57 Å². The summed E-state index contributed by atoms with van der Waals surface area (Å²) in [6.07, 6.45) is 7.01. The number of aromatic nitrogens is 1. The van der Waals surface area contributed by atoms with E-state index in [9.17, 15) is 0 Å². The monoisotopic (exact) mass is 760 g/mol. The Morgan fingerprint density at radius 3 is 1.83 bits per heavy atom. The van der Waals surface area contributed by atoms with Gasteiger partial charge in [-0.25, -0.2) is 0 Å². The fourth-order valence-corrected chi connectivity index (χ4v) is 12.2. The minimum absolute atomic E-state index is 0.336. The van der Waals surface area contributed by atoms with Crippen LogP contribution in [0.1, 0.15) is 44.6 Å². The first-order valence-electron chi connectivity index (χ1n) is 21.8. The quantitative estimate of drug-likeness (QED) is 0.157. The number of para-hydroxylation sites is 2. The average Bonchev–Trinajstić information content (AvgIpc) is 3.74. The van der Waals surface area contributed by atoms with Crippen molar-refractivity contribution in [2.24, 2.45) is 23.7 Å². The van der Waals surface area contributed by atoms with Crippen LogP contribution in [0.25, 0.3) is 60.5 Å². The third-order valence-corrected chi connectivity index (χ3v) is 14.6. The molecule has 286 valence electrons. The predicted molar refractivity (Wildman–Crippen MR) is 248 cm³/mol. The highest BCUT2D eigenvalue weighted by Crippen LogP contribution is 2.65. The van der Waals surface area contributed by atoms with Gasteiger partial charge in [0.1, 0.15) is 0 Å². The first kappa shape index (κ1) is 34.6. The Bertz CT molecular complexity index is 2950. The van der Waals surface area contributed by atoms with Crippen molar-refractivity contribution in [3.63, 3.8) is 0 Å². The molecule has 12 rings (SSSR count). The van der Waals surface area contributed by atoms with Crippen LogP contribution in [0.5, 0.6) is 0 Å². The molecule has 2 unspecified atom stereocenters. The van der Waals surface area contributed by atoms with E-state index in [1.807, 2.05) is 0 Å². The molecule has 0 aliphatic heterocycles. The lowest BCUT2D eigenvalue weighted by Gasteiger charge is -2.42. The van der Waals surface area contributed by atoms with Crippen molar-refractivity contribution in [1.29, 1.82) is 0 Å². The highest BCUT2D eigenvalue weighted by Gasteiger charge is 2.57. The van der Waals surface area contributed by atoms with Crippen molar-refractivity contribution in [3.05, 3.63) is 194 Å². The summed E-state index contributed by atoms with van der Waals surface area (Å²) >= 11 is 0. The lowest BCUT2D eigenvalue weighted by atomic mass is 9.63. The Kier molecular flexibility index (Phi) is 7.99. The van der Waals surface area contributed by atoms with Gasteiger partial charge in [0.2, 0.25) is 0 Å². The number of anilines is 3. The van der Waals surface area contributed by atoms with Crippen molar-refractivity contribution in [2.75, 3.05) is 4.90 Å². The smallest absolute Gasteiger partial charge is 0.0541 e. The molecule has 0 radical (unpaired) electrons. The summed E-state index contributed by atoms with van der Waals surface area (Å²) in [4.78, 5) is 2.49. The van der Waals surface area contributed by atoms with Crippen molar-refractivity contribution >= 4 is 49.6 Å². The van der Waals surface area contributed by atoms with E-state index >= 15 is 0 Å². The summed E-state index contributed by atoms with van der Waals surface area (Å²) in [5.41, 5.74) is 14.0. The second-order valence-electron chi connectivity index (χ2n) is 18.0. The summed E-state index contributed by atoms with van der Waals surface area (Å²) in [7, 11) is 0.